The van der Waals surface area contributed by atoms with Gasteiger partial charge in [-0.1, -0.05) is 35.0 Å². The monoisotopic (exact) mass is 451 g/mol. The molecule has 1 saturated heterocycles. The molecule has 0 unspecified atom stereocenters. The lowest BCUT2D eigenvalue weighted by atomic mass is 10.2. The highest BCUT2D eigenvalue weighted by Crippen LogP contribution is 2.39. The van der Waals surface area contributed by atoms with Crippen molar-refractivity contribution in [2.75, 3.05) is 19.6 Å². The van der Waals surface area contributed by atoms with Gasteiger partial charge in [-0.2, -0.15) is 5.26 Å². The van der Waals surface area contributed by atoms with Crippen LogP contribution in [-0.4, -0.2) is 40.8 Å². The normalized spacial score (nSPS) is 15.1. The minimum atomic E-state index is 0.126. The molecule has 0 saturated carbocycles. The lowest BCUT2D eigenvalue weighted by molar-refractivity contribution is -0.135. The summed E-state index contributed by atoms with van der Waals surface area (Å²) in [5.74, 6) is 0.126. The first-order valence-corrected chi connectivity index (χ1v) is 11.1. The van der Waals surface area contributed by atoms with Crippen LogP contribution in [0.5, 0.6) is 0 Å². The van der Waals surface area contributed by atoms with Gasteiger partial charge in [0.2, 0.25) is 5.91 Å². The average Bonchev–Trinajstić information content (AvgIpc) is 2.62. The Morgan fingerprint density at radius 1 is 1.07 bits per heavy atom. The standard InChI is InChI=1S/C20H19Cl2N3OS2/c1-13(2)25-6-5-24(12-20(25)26)28-19-7-14(11-23)3-4-18(19)27-17-9-15(21)8-16(22)10-17/h3-4,7-10,13H,5-6,12H2,1-2H3. The molecule has 1 aliphatic heterocycles. The zero-order valence-corrected chi connectivity index (χ0v) is 18.6. The van der Waals surface area contributed by atoms with E-state index >= 15 is 0 Å². The number of rotatable bonds is 5. The summed E-state index contributed by atoms with van der Waals surface area (Å²) in [5, 5.41) is 10.4. The summed E-state index contributed by atoms with van der Waals surface area (Å²) in [6.07, 6.45) is 0. The molecule has 0 aliphatic carbocycles. The maximum Gasteiger partial charge on any atom is 0.238 e. The first-order valence-electron chi connectivity index (χ1n) is 8.76. The molecule has 0 aromatic heterocycles. The molecule has 0 atom stereocenters. The first kappa shape index (κ1) is 21.4. The third-order valence-corrected chi connectivity index (χ3v) is 6.93. The van der Waals surface area contributed by atoms with Crippen molar-refractivity contribution in [1.82, 2.24) is 9.21 Å². The molecule has 1 fully saturated rings. The first-order chi connectivity index (χ1) is 13.4. The van der Waals surface area contributed by atoms with Gasteiger partial charge in [-0.15, -0.1) is 0 Å². The van der Waals surface area contributed by atoms with E-state index in [-0.39, 0.29) is 11.9 Å². The fourth-order valence-electron chi connectivity index (χ4n) is 2.88. The molecule has 146 valence electrons. The molecule has 28 heavy (non-hydrogen) atoms. The molecular weight excluding hydrogens is 433 g/mol. The van der Waals surface area contributed by atoms with Crippen molar-refractivity contribution in [3.8, 4) is 6.07 Å². The van der Waals surface area contributed by atoms with E-state index in [1.807, 2.05) is 47.3 Å². The van der Waals surface area contributed by atoms with Crippen LogP contribution >= 0.6 is 46.9 Å². The number of benzene rings is 2. The molecule has 1 heterocycles. The summed E-state index contributed by atoms with van der Waals surface area (Å²) in [4.78, 5) is 17.1. The van der Waals surface area contributed by atoms with Crippen LogP contribution < -0.4 is 0 Å². The van der Waals surface area contributed by atoms with Gasteiger partial charge in [0.1, 0.15) is 0 Å². The lowest BCUT2D eigenvalue weighted by Gasteiger charge is -2.36. The van der Waals surface area contributed by atoms with Crippen LogP contribution in [0.3, 0.4) is 0 Å². The van der Waals surface area contributed by atoms with Crippen LogP contribution in [0.15, 0.2) is 51.1 Å². The molecule has 3 rings (SSSR count). The van der Waals surface area contributed by atoms with E-state index in [4.69, 9.17) is 23.2 Å². The van der Waals surface area contributed by atoms with Crippen LogP contribution in [0.25, 0.3) is 0 Å². The number of amides is 1. The summed E-state index contributed by atoms with van der Waals surface area (Å²) in [5.41, 5.74) is 0.586. The van der Waals surface area contributed by atoms with Gasteiger partial charge in [0.15, 0.2) is 0 Å². The van der Waals surface area contributed by atoms with Gasteiger partial charge >= 0.3 is 0 Å². The third kappa shape index (κ3) is 5.37. The fourth-order valence-corrected chi connectivity index (χ4v) is 5.65. The van der Waals surface area contributed by atoms with Crippen LogP contribution in [-0.2, 0) is 4.79 Å². The number of piperazine rings is 1. The van der Waals surface area contributed by atoms with Crippen LogP contribution in [0.2, 0.25) is 10.0 Å². The number of carbonyl (C=O) groups is 1. The van der Waals surface area contributed by atoms with Gasteiger partial charge in [0, 0.05) is 43.9 Å². The maximum absolute atomic E-state index is 12.4. The number of nitriles is 1. The second-order valence-electron chi connectivity index (χ2n) is 6.62. The zero-order valence-electron chi connectivity index (χ0n) is 15.5. The summed E-state index contributed by atoms with van der Waals surface area (Å²) in [7, 11) is 0. The number of nitrogens with zero attached hydrogens (tertiary/aromatic N) is 3. The summed E-state index contributed by atoms with van der Waals surface area (Å²) in [6.45, 7) is 5.89. The van der Waals surface area contributed by atoms with E-state index in [0.717, 1.165) is 21.2 Å². The molecular formula is C20H19Cl2N3OS2. The van der Waals surface area contributed by atoms with E-state index in [1.54, 1.807) is 12.1 Å². The van der Waals surface area contributed by atoms with Gasteiger partial charge < -0.3 is 4.90 Å². The maximum atomic E-state index is 12.4. The molecule has 0 spiro atoms. The van der Waals surface area contributed by atoms with E-state index < -0.39 is 0 Å². The Labute approximate surface area is 183 Å². The molecule has 0 N–H and O–H groups in total. The SMILES string of the molecule is CC(C)N1CCN(Sc2cc(C#N)ccc2Sc2cc(Cl)cc(Cl)c2)CC1=O. The molecule has 8 heteroatoms. The third-order valence-electron chi connectivity index (χ3n) is 4.21. The van der Waals surface area contributed by atoms with Crippen LogP contribution in [0.4, 0.5) is 0 Å². The second-order valence-corrected chi connectivity index (χ2v) is 9.74. The molecule has 1 aliphatic rings. The minimum absolute atomic E-state index is 0.126. The average molecular weight is 452 g/mol. The molecule has 1 amide bonds. The van der Waals surface area contributed by atoms with Crippen LogP contribution in [0.1, 0.15) is 19.4 Å². The predicted octanol–water partition coefficient (Wildman–Crippen LogP) is 5.58. The molecule has 4 nitrogen and oxygen atoms in total. The number of carbonyl (C=O) groups excluding carboxylic acids is 1. The molecule has 2 aromatic carbocycles. The van der Waals surface area contributed by atoms with Gasteiger partial charge in [-0.05, 0) is 62.2 Å². The Balaban J connectivity index is 1.82. The highest BCUT2D eigenvalue weighted by molar-refractivity contribution is 8.01. The largest absolute Gasteiger partial charge is 0.338 e. The van der Waals surface area contributed by atoms with Crippen molar-refractivity contribution in [2.24, 2.45) is 0 Å². The Morgan fingerprint density at radius 3 is 2.39 bits per heavy atom. The summed E-state index contributed by atoms with van der Waals surface area (Å²) in [6, 6.07) is 13.4. The Hall–Kier alpha value is -1.36. The van der Waals surface area contributed by atoms with Crippen molar-refractivity contribution in [2.45, 2.75) is 34.6 Å². The minimum Gasteiger partial charge on any atom is -0.338 e. The van der Waals surface area contributed by atoms with Gasteiger partial charge in [0.25, 0.3) is 0 Å². The highest BCUT2D eigenvalue weighted by Gasteiger charge is 2.26. The number of hydrogen-bond donors (Lipinski definition) is 0. The van der Waals surface area contributed by atoms with Crippen molar-refractivity contribution in [1.29, 1.82) is 5.26 Å². The Morgan fingerprint density at radius 2 is 1.79 bits per heavy atom. The quantitative estimate of drug-likeness (QED) is 0.555. The van der Waals surface area contributed by atoms with Gasteiger partial charge in [0.05, 0.1) is 18.2 Å². The van der Waals surface area contributed by atoms with E-state index in [9.17, 15) is 10.1 Å². The number of halogens is 2. The summed E-state index contributed by atoms with van der Waals surface area (Å²) >= 11 is 15.3. The molecule has 0 radical (unpaired) electrons. The predicted molar refractivity (Wildman–Crippen MR) is 116 cm³/mol. The van der Waals surface area contributed by atoms with E-state index in [2.05, 4.69) is 6.07 Å². The van der Waals surface area contributed by atoms with Gasteiger partial charge in [-0.25, -0.2) is 4.31 Å². The topological polar surface area (TPSA) is 47.3 Å². The van der Waals surface area contributed by atoms with E-state index in [1.165, 1.54) is 23.7 Å². The fraction of sp³-hybridized carbons (Fsp3) is 0.300. The molecule has 2 aromatic rings. The second kappa shape index (κ2) is 9.43. The van der Waals surface area contributed by atoms with Crippen molar-refractivity contribution >= 4 is 52.8 Å². The smallest absolute Gasteiger partial charge is 0.238 e. The lowest BCUT2D eigenvalue weighted by Crippen LogP contribution is -2.50. The Bertz CT molecular complexity index is 910. The van der Waals surface area contributed by atoms with Crippen molar-refractivity contribution in [3.05, 3.63) is 52.0 Å². The zero-order chi connectivity index (χ0) is 20.3. The summed E-state index contributed by atoms with van der Waals surface area (Å²) < 4.78 is 2.05. The molecule has 0 bridgehead atoms. The highest BCUT2D eigenvalue weighted by atomic mass is 35.5. The van der Waals surface area contributed by atoms with Gasteiger partial charge in [-0.3, -0.25) is 4.79 Å². The van der Waals surface area contributed by atoms with Crippen molar-refractivity contribution in [3.63, 3.8) is 0 Å². The van der Waals surface area contributed by atoms with Crippen LogP contribution in [0, 0.1) is 11.3 Å². The van der Waals surface area contributed by atoms with Crippen molar-refractivity contribution < 1.29 is 4.79 Å². The van der Waals surface area contributed by atoms with E-state index in [0.29, 0.717) is 28.7 Å². The Kier molecular flexibility index (Phi) is 7.19. The number of hydrogen-bond acceptors (Lipinski definition) is 5.